The SMILES string of the molecule is Cn1c(COc2ccccc2)cc2cccc(Br)c21. The van der Waals surface area contributed by atoms with E-state index in [1.54, 1.807) is 0 Å². The minimum atomic E-state index is 0.571. The van der Waals surface area contributed by atoms with Gasteiger partial charge in [0.25, 0.3) is 0 Å². The second kappa shape index (κ2) is 5.10. The number of hydrogen-bond donors (Lipinski definition) is 0. The summed E-state index contributed by atoms with van der Waals surface area (Å²) in [6, 6.07) is 18.3. The average Bonchev–Trinajstić information content (AvgIpc) is 2.76. The Morgan fingerprint density at radius 1 is 1.05 bits per heavy atom. The molecule has 0 aliphatic carbocycles. The van der Waals surface area contributed by atoms with Crippen molar-refractivity contribution in [1.82, 2.24) is 4.57 Å². The van der Waals surface area contributed by atoms with Crippen molar-refractivity contribution in [2.75, 3.05) is 0 Å². The third-order valence-corrected chi connectivity index (χ3v) is 3.88. The molecule has 3 rings (SSSR count). The van der Waals surface area contributed by atoms with Gasteiger partial charge in [-0.3, -0.25) is 0 Å². The Labute approximate surface area is 120 Å². The second-order valence-electron chi connectivity index (χ2n) is 4.47. The van der Waals surface area contributed by atoms with Gasteiger partial charge >= 0.3 is 0 Å². The number of rotatable bonds is 3. The Morgan fingerprint density at radius 2 is 1.84 bits per heavy atom. The summed E-state index contributed by atoms with van der Waals surface area (Å²) in [4.78, 5) is 0. The molecule has 96 valence electrons. The van der Waals surface area contributed by atoms with Gasteiger partial charge < -0.3 is 9.30 Å². The van der Waals surface area contributed by atoms with Crippen LogP contribution in [0, 0.1) is 0 Å². The summed E-state index contributed by atoms with van der Waals surface area (Å²) < 4.78 is 9.08. The number of nitrogens with zero attached hydrogens (tertiary/aromatic N) is 1. The number of halogens is 1. The van der Waals surface area contributed by atoms with Gasteiger partial charge in [-0.1, -0.05) is 30.3 Å². The molecule has 2 aromatic carbocycles. The highest BCUT2D eigenvalue weighted by atomic mass is 79.9. The van der Waals surface area contributed by atoms with Crippen LogP contribution in [0.4, 0.5) is 0 Å². The van der Waals surface area contributed by atoms with Gasteiger partial charge in [-0.25, -0.2) is 0 Å². The number of fused-ring (bicyclic) bond motifs is 1. The molecule has 0 unspecified atom stereocenters. The van der Waals surface area contributed by atoms with Gasteiger partial charge in [0.15, 0.2) is 0 Å². The zero-order valence-corrected chi connectivity index (χ0v) is 12.2. The van der Waals surface area contributed by atoms with E-state index in [1.165, 1.54) is 10.9 Å². The zero-order chi connectivity index (χ0) is 13.2. The molecular weight excluding hydrogens is 302 g/mol. The molecule has 0 aliphatic heterocycles. The Balaban J connectivity index is 1.90. The number of aryl methyl sites for hydroxylation is 1. The van der Waals surface area contributed by atoms with Crippen LogP contribution in [-0.2, 0) is 13.7 Å². The smallest absolute Gasteiger partial charge is 0.128 e. The van der Waals surface area contributed by atoms with Crippen molar-refractivity contribution in [2.24, 2.45) is 7.05 Å². The zero-order valence-electron chi connectivity index (χ0n) is 10.6. The van der Waals surface area contributed by atoms with Gasteiger partial charge in [-0.15, -0.1) is 0 Å². The van der Waals surface area contributed by atoms with Crippen molar-refractivity contribution in [2.45, 2.75) is 6.61 Å². The molecule has 3 aromatic rings. The highest BCUT2D eigenvalue weighted by Crippen LogP contribution is 2.27. The van der Waals surface area contributed by atoms with Crippen LogP contribution >= 0.6 is 15.9 Å². The fraction of sp³-hybridized carbons (Fsp3) is 0.125. The molecule has 1 aromatic heterocycles. The first-order chi connectivity index (χ1) is 9.25. The summed E-state index contributed by atoms with van der Waals surface area (Å²) in [6.45, 7) is 0.571. The average molecular weight is 316 g/mol. The van der Waals surface area contributed by atoms with E-state index in [2.05, 4.69) is 45.7 Å². The highest BCUT2D eigenvalue weighted by Gasteiger charge is 2.08. The van der Waals surface area contributed by atoms with E-state index < -0.39 is 0 Å². The quantitative estimate of drug-likeness (QED) is 0.693. The molecule has 3 heteroatoms. The Bertz CT molecular complexity index is 703. The minimum Gasteiger partial charge on any atom is -0.487 e. The van der Waals surface area contributed by atoms with Crippen LogP contribution in [0.3, 0.4) is 0 Å². The molecule has 0 saturated carbocycles. The molecule has 2 nitrogen and oxygen atoms in total. The topological polar surface area (TPSA) is 14.2 Å². The van der Waals surface area contributed by atoms with Gasteiger partial charge in [-0.05, 0) is 40.2 Å². The molecule has 0 atom stereocenters. The van der Waals surface area contributed by atoms with E-state index >= 15 is 0 Å². The third-order valence-electron chi connectivity index (χ3n) is 3.24. The van der Waals surface area contributed by atoms with Gasteiger partial charge in [0.2, 0.25) is 0 Å². The van der Waals surface area contributed by atoms with Crippen molar-refractivity contribution in [1.29, 1.82) is 0 Å². The second-order valence-corrected chi connectivity index (χ2v) is 5.33. The molecule has 0 radical (unpaired) electrons. The maximum atomic E-state index is 5.81. The lowest BCUT2D eigenvalue weighted by atomic mass is 10.2. The summed E-state index contributed by atoms with van der Waals surface area (Å²) in [5, 5.41) is 1.23. The summed E-state index contributed by atoms with van der Waals surface area (Å²) in [5.41, 5.74) is 2.36. The number of hydrogen-bond acceptors (Lipinski definition) is 1. The first kappa shape index (κ1) is 12.3. The van der Waals surface area contributed by atoms with Crippen LogP contribution < -0.4 is 4.74 Å². The maximum absolute atomic E-state index is 5.81. The predicted molar refractivity (Wildman–Crippen MR) is 81.4 cm³/mol. The number of para-hydroxylation sites is 2. The predicted octanol–water partition coefficient (Wildman–Crippen LogP) is 4.52. The molecule has 0 saturated heterocycles. The highest BCUT2D eigenvalue weighted by molar-refractivity contribution is 9.10. The lowest BCUT2D eigenvalue weighted by Gasteiger charge is -2.07. The molecule has 0 amide bonds. The Hall–Kier alpha value is -1.74. The monoisotopic (exact) mass is 315 g/mol. The van der Waals surface area contributed by atoms with Crippen LogP contribution in [0.15, 0.2) is 59.1 Å². The Morgan fingerprint density at radius 3 is 2.58 bits per heavy atom. The van der Waals surface area contributed by atoms with Crippen LogP contribution in [0.5, 0.6) is 5.75 Å². The molecule has 0 fully saturated rings. The largest absolute Gasteiger partial charge is 0.487 e. The lowest BCUT2D eigenvalue weighted by molar-refractivity contribution is 0.298. The Kier molecular flexibility index (Phi) is 3.30. The van der Waals surface area contributed by atoms with Crippen molar-refractivity contribution in [3.8, 4) is 5.75 Å². The van der Waals surface area contributed by atoms with E-state index in [9.17, 15) is 0 Å². The standard InChI is InChI=1S/C16H14BrNO/c1-18-13(11-19-14-7-3-2-4-8-14)10-12-6-5-9-15(17)16(12)18/h2-10H,11H2,1H3. The lowest BCUT2D eigenvalue weighted by Crippen LogP contribution is -2.01. The third kappa shape index (κ3) is 2.38. The van der Waals surface area contributed by atoms with Gasteiger partial charge in [0.05, 0.1) is 11.2 Å². The van der Waals surface area contributed by atoms with Gasteiger partial charge in [-0.2, -0.15) is 0 Å². The fourth-order valence-electron chi connectivity index (χ4n) is 2.23. The van der Waals surface area contributed by atoms with Gasteiger partial charge in [0, 0.05) is 16.9 Å². The van der Waals surface area contributed by atoms with E-state index in [-0.39, 0.29) is 0 Å². The maximum Gasteiger partial charge on any atom is 0.128 e. The molecule has 0 aliphatic rings. The molecular formula is C16H14BrNO. The molecule has 1 heterocycles. The summed E-state index contributed by atoms with van der Waals surface area (Å²) in [5.74, 6) is 0.895. The number of aromatic nitrogens is 1. The number of ether oxygens (including phenoxy) is 1. The summed E-state index contributed by atoms with van der Waals surface area (Å²) in [7, 11) is 2.07. The first-order valence-electron chi connectivity index (χ1n) is 6.16. The van der Waals surface area contributed by atoms with Gasteiger partial charge in [0.1, 0.15) is 12.4 Å². The van der Waals surface area contributed by atoms with Crippen molar-refractivity contribution in [3.63, 3.8) is 0 Å². The van der Waals surface area contributed by atoms with E-state index in [1.807, 2.05) is 36.4 Å². The summed E-state index contributed by atoms with van der Waals surface area (Å²) >= 11 is 3.60. The van der Waals surface area contributed by atoms with Crippen molar-refractivity contribution < 1.29 is 4.74 Å². The first-order valence-corrected chi connectivity index (χ1v) is 6.95. The van der Waals surface area contributed by atoms with E-state index in [0.29, 0.717) is 6.61 Å². The van der Waals surface area contributed by atoms with Crippen LogP contribution in [0.2, 0.25) is 0 Å². The minimum absolute atomic E-state index is 0.571. The molecule has 0 N–H and O–H groups in total. The van der Waals surface area contributed by atoms with Crippen molar-refractivity contribution >= 4 is 26.8 Å². The molecule has 19 heavy (non-hydrogen) atoms. The van der Waals surface area contributed by atoms with Crippen LogP contribution in [0.1, 0.15) is 5.69 Å². The van der Waals surface area contributed by atoms with E-state index in [0.717, 1.165) is 15.9 Å². The van der Waals surface area contributed by atoms with Crippen molar-refractivity contribution in [3.05, 3.63) is 64.8 Å². The summed E-state index contributed by atoms with van der Waals surface area (Å²) in [6.07, 6.45) is 0. The molecule has 0 spiro atoms. The fourth-order valence-corrected chi connectivity index (χ4v) is 2.88. The normalized spacial score (nSPS) is 10.8. The van der Waals surface area contributed by atoms with E-state index in [4.69, 9.17) is 4.74 Å². The van der Waals surface area contributed by atoms with Crippen LogP contribution in [0.25, 0.3) is 10.9 Å². The number of benzene rings is 2. The molecule has 0 bridgehead atoms. The van der Waals surface area contributed by atoms with Crippen LogP contribution in [-0.4, -0.2) is 4.57 Å².